The predicted molar refractivity (Wildman–Crippen MR) is 100 cm³/mol. The smallest absolute Gasteiger partial charge is 0.254 e. The largest absolute Gasteiger partial charge is 0.481 e. The molecule has 134 valence electrons. The van der Waals surface area contributed by atoms with Crippen LogP contribution in [0, 0.1) is 19.3 Å². The second-order valence-electron chi connectivity index (χ2n) is 7.18. The van der Waals surface area contributed by atoms with Crippen molar-refractivity contribution >= 4 is 0 Å². The fraction of sp³-hybridized carbons (Fsp3) is 0.429. The van der Waals surface area contributed by atoms with Gasteiger partial charge in [0.05, 0.1) is 5.69 Å². The van der Waals surface area contributed by atoms with Crippen molar-refractivity contribution in [1.29, 1.82) is 0 Å². The Hall–Kier alpha value is -2.58. The Morgan fingerprint density at radius 2 is 2.15 bits per heavy atom. The summed E-state index contributed by atoms with van der Waals surface area (Å²) in [6.45, 7) is 2.99. The minimum atomic E-state index is 0.0321. The van der Waals surface area contributed by atoms with Crippen LogP contribution in [0.4, 0.5) is 0 Å². The van der Waals surface area contributed by atoms with E-state index < -0.39 is 0 Å². The molecule has 0 unspecified atom stereocenters. The number of benzene rings is 1. The van der Waals surface area contributed by atoms with Crippen LogP contribution in [-0.4, -0.2) is 33.6 Å². The number of hydrogen-bond acceptors (Lipinski definition) is 4. The van der Waals surface area contributed by atoms with Crippen molar-refractivity contribution in [1.82, 2.24) is 14.9 Å². The van der Waals surface area contributed by atoms with Crippen LogP contribution in [0.15, 0.2) is 29.1 Å². The molecule has 0 amide bonds. The molecule has 0 aliphatic carbocycles. The van der Waals surface area contributed by atoms with E-state index in [2.05, 4.69) is 32.9 Å². The van der Waals surface area contributed by atoms with Gasteiger partial charge >= 0.3 is 0 Å². The van der Waals surface area contributed by atoms with Gasteiger partial charge < -0.3 is 9.72 Å². The number of nitrogens with one attached hydrogen (secondary N) is 1. The van der Waals surface area contributed by atoms with Gasteiger partial charge in [-0.25, -0.2) is 4.98 Å². The molecule has 2 aliphatic heterocycles. The monoisotopic (exact) mass is 349 g/mol. The Kier molecular flexibility index (Phi) is 4.52. The lowest BCUT2D eigenvalue weighted by molar-refractivity contribution is 0.187. The summed E-state index contributed by atoms with van der Waals surface area (Å²) in [4.78, 5) is 22.4. The van der Waals surface area contributed by atoms with Crippen LogP contribution < -0.4 is 10.3 Å². The first-order valence-corrected chi connectivity index (χ1v) is 9.13. The first kappa shape index (κ1) is 16.9. The molecule has 1 aromatic carbocycles. The second kappa shape index (κ2) is 6.97. The molecule has 1 N–H and O–H groups in total. The average molecular weight is 349 g/mol. The average Bonchev–Trinajstić information content (AvgIpc) is 2.89. The third-order valence-electron chi connectivity index (χ3n) is 5.45. The molecule has 2 atom stereocenters. The Balaban J connectivity index is 1.57. The van der Waals surface area contributed by atoms with Crippen LogP contribution in [0.1, 0.15) is 35.5 Å². The summed E-state index contributed by atoms with van der Waals surface area (Å²) < 4.78 is 5.55. The standard InChI is InChI=1S/C21H23N3O2/c1-3-9-26-18-6-4-5-15(10-18)13-24-16-7-8-17(24)12-20-19(11-16)21(25)23-14(2)22-20/h1,4-6,10,16-17H,7-9,11-13H2,2H3,(H,22,23,25)/t16-,17+/m1/s1. The maximum Gasteiger partial charge on any atom is 0.254 e. The first-order chi connectivity index (χ1) is 12.6. The fourth-order valence-corrected chi connectivity index (χ4v) is 4.29. The molecule has 2 bridgehead atoms. The van der Waals surface area contributed by atoms with Crippen molar-refractivity contribution in [3.63, 3.8) is 0 Å². The predicted octanol–water partition coefficient (Wildman–Crippen LogP) is 2.22. The van der Waals surface area contributed by atoms with Gasteiger partial charge in [0, 0.05) is 30.6 Å². The summed E-state index contributed by atoms with van der Waals surface area (Å²) in [6, 6.07) is 8.94. The van der Waals surface area contributed by atoms with Crippen molar-refractivity contribution in [3.05, 3.63) is 57.3 Å². The SMILES string of the molecule is C#CCOc1cccc(CN2[C@@H]3CC[C@H]2Cc2nc(C)[nH]c(=O)c2C3)c1. The number of H-pyrrole nitrogens is 1. The zero-order valence-corrected chi connectivity index (χ0v) is 15.0. The molecule has 1 saturated heterocycles. The van der Waals surface area contributed by atoms with Gasteiger partial charge in [0.1, 0.15) is 18.2 Å². The zero-order chi connectivity index (χ0) is 18.1. The number of aryl methyl sites for hydroxylation is 1. The first-order valence-electron chi connectivity index (χ1n) is 9.13. The highest BCUT2D eigenvalue weighted by Crippen LogP contribution is 2.34. The Morgan fingerprint density at radius 3 is 2.96 bits per heavy atom. The molecular formula is C21H23N3O2. The fourth-order valence-electron chi connectivity index (χ4n) is 4.29. The van der Waals surface area contributed by atoms with E-state index in [1.54, 1.807) is 0 Å². The highest BCUT2D eigenvalue weighted by atomic mass is 16.5. The minimum absolute atomic E-state index is 0.0321. The van der Waals surface area contributed by atoms with Crippen molar-refractivity contribution in [2.45, 2.75) is 51.2 Å². The quantitative estimate of drug-likeness (QED) is 0.860. The number of fused-ring (bicyclic) bond motifs is 3. The Labute approximate surface area is 153 Å². The molecule has 26 heavy (non-hydrogen) atoms. The topological polar surface area (TPSA) is 58.2 Å². The number of aromatic amines is 1. The van der Waals surface area contributed by atoms with Crippen LogP contribution in [0.25, 0.3) is 0 Å². The van der Waals surface area contributed by atoms with E-state index in [9.17, 15) is 4.79 Å². The van der Waals surface area contributed by atoms with Crippen molar-refractivity contribution in [2.24, 2.45) is 0 Å². The lowest BCUT2D eigenvalue weighted by Crippen LogP contribution is -2.36. The maximum absolute atomic E-state index is 12.4. The lowest BCUT2D eigenvalue weighted by atomic mass is 9.98. The van der Waals surface area contributed by atoms with Crippen molar-refractivity contribution in [2.75, 3.05) is 6.61 Å². The summed E-state index contributed by atoms with van der Waals surface area (Å²) in [5.41, 5.74) is 3.10. The van der Waals surface area contributed by atoms with Gasteiger partial charge in [-0.3, -0.25) is 9.69 Å². The third kappa shape index (κ3) is 3.25. The van der Waals surface area contributed by atoms with Crippen LogP contribution in [0.2, 0.25) is 0 Å². The zero-order valence-electron chi connectivity index (χ0n) is 15.0. The summed E-state index contributed by atoms with van der Waals surface area (Å²) >= 11 is 0. The molecule has 5 nitrogen and oxygen atoms in total. The molecule has 4 rings (SSSR count). The molecule has 3 heterocycles. The second-order valence-corrected chi connectivity index (χ2v) is 7.18. The van der Waals surface area contributed by atoms with Crippen molar-refractivity contribution < 1.29 is 4.74 Å². The summed E-state index contributed by atoms with van der Waals surface area (Å²) in [6.07, 6.45) is 9.19. The Bertz CT molecular complexity index is 912. The normalized spacial score (nSPS) is 21.7. The van der Waals surface area contributed by atoms with Gasteiger partial charge in [-0.1, -0.05) is 18.1 Å². The molecular weight excluding hydrogens is 326 g/mol. The van der Waals surface area contributed by atoms with Gasteiger partial charge in [-0.15, -0.1) is 6.42 Å². The van der Waals surface area contributed by atoms with Gasteiger partial charge in [0.2, 0.25) is 0 Å². The summed E-state index contributed by atoms with van der Waals surface area (Å²) in [7, 11) is 0. The van der Waals surface area contributed by atoms with E-state index in [4.69, 9.17) is 11.2 Å². The van der Waals surface area contributed by atoms with E-state index in [1.165, 1.54) is 5.56 Å². The number of hydrogen-bond donors (Lipinski definition) is 1. The number of aromatic nitrogens is 2. The third-order valence-corrected chi connectivity index (χ3v) is 5.45. The van der Waals surface area contributed by atoms with E-state index in [0.29, 0.717) is 17.9 Å². The molecule has 2 aromatic rings. The van der Waals surface area contributed by atoms with E-state index in [-0.39, 0.29) is 12.2 Å². The molecule has 2 aliphatic rings. The lowest BCUT2D eigenvalue weighted by Gasteiger charge is -2.28. The molecule has 0 radical (unpaired) electrons. The van der Waals surface area contributed by atoms with E-state index >= 15 is 0 Å². The molecule has 5 heteroatoms. The number of terminal acetylenes is 1. The summed E-state index contributed by atoms with van der Waals surface area (Å²) in [5.74, 6) is 4.01. The highest BCUT2D eigenvalue weighted by molar-refractivity contribution is 5.30. The molecule has 0 saturated carbocycles. The Morgan fingerprint density at radius 1 is 1.35 bits per heavy atom. The van der Waals surface area contributed by atoms with Crippen LogP contribution in [0.5, 0.6) is 5.75 Å². The molecule has 0 spiro atoms. The van der Waals surface area contributed by atoms with Gasteiger partial charge in [0.15, 0.2) is 0 Å². The molecule has 1 aromatic heterocycles. The maximum atomic E-state index is 12.4. The number of nitrogens with zero attached hydrogens (tertiary/aromatic N) is 2. The van der Waals surface area contributed by atoms with Crippen LogP contribution in [0.3, 0.4) is 0 Å². The number of rotatable bonds is 4. The number of ether oxygens (including phenoxy) is 1. The van der Waals surface area contributed by atoms with Crippen LogP contribution in [-0.2, 0) is 19.4 Å². The van der Waals surface area contributed by atoms with Crippen LogP contribution >= 0.6 is 0 Å². The van der Waals surface area contributed by atoms with Gasteiger partial charge in [-0.05, 0) is 43.9 Å². The van der Waals surface area contributed by atoms with Crippen molar-refractivity contribution in [3.8, 4) is 18.1 Å². The van der Waals surface area contributed by atoms with E-state index in [1.807, 2.05) is 19.1 Å². The molecule has 1 fully saturated rings. The van der Waals surface area contributed by atoms with Gasteiger partial charge in [0.25, 0.3) is 5.56 Å². The van der Waals surface area contributed by atoms with Gasteiger partial charge in [-0.2, -0.15) is 0 Å². The minimum Gasteiger partial charge on any atom is -0.481 e. The van der Waals surface area contributed by atoms with E-state index in [0.717, 1.165) is 49.2 Å². The summed E-state index contributed by atoms with van der Waals surface area (Å²) in [5, 5.41) is 0. The highest BCUT2D eigenvalue weighted by Gasteiger charge is 2.38.